The molecule has 1 aromatic carbocycles. The minimum atomic E-state index is -0.396. The van der Waals surface area contributed by atoms with E-state index in [1.165, 1.54) is 0 Å². The average molecular weight is 427 g/mol. The summed E-state index contributed by atoms with van der Waals surface area (Å²) >= 11 is 3.00. The van der Waals surface area contributed by atoms with Gasteiger partial charge >= 0.3 is 11.9 Å². The van der Waals surface area contributed by atoms with Crippen molar-refractivity contribution in [2.24, 2.45) is 0 Å². The first-order valence-electron chi connectivity index (χ1n) is 7.94. The number of carbonyl (C=O) groups excluding carboxylic acids is 2. The summed E-state index contributed by atoms with van der Waals surface area (Å²) < 4.78 is 10.0. The molecule has 0 saturated heterocycles. The van der Waals surface area contributed by atoms with Crippen molar-refractivity contribution >= 4 is 44.9 Å². The number of halogens is 1. The Balaban J connectivity index is 2.03. The lowest BCUT2D eigenvalue weighted by Crippen LogP contribution is -2.34. The molecule has 0 spiro atoms. The van der Waals surface area contributed by atoms with E-state index >= 15 is 0 Å². The highest BCUT2D eigenvalue weighted by Gasteiger charge is 2.13. The fourth-order valence-electron chi connectivity index (χ4n) is 2.06. The number of ether oxygens (including phenoxy) is 2. The second kappa shape index (κ2) is 9.27. The van der Waals surface area contributed by atoms with Crippen LogP contribution in [0.3, 0.4) is 0 Å². The normalized spacial score (nSPS) is 10.8. The van der Waals surface area contributed by atoms with Gasteiger partial charge in [0.25, 0.3) is 11.5 Å². The van der Waals surface area contributed by atoms with Gasteiger partial charge in [-0.2, -0.15) is 0 Å². The lowest BCUT2D eigenvalue weighted by Gasteiger charge is -2.08. The number of alkyl halides is 1. The number of carbonyl (C=O) groups is 2. The van der Waals surface area contributed by atoms with Crippen molar-refractivity contribution in [2.75, 3.05) is 17.2 Å². The number of nitrogens with zero attached hydrogens (tertiary/aromatic N) is 3. The molecule has 0 aliphatic heterocycles. The molecule has 0 radical (unpaired) electrons. The Morgan fingerprint density at radius 3 is 2.81 bits per heavy atom. The summed E-state index contributed by atoms with van der Waals surface area (Å²) in [6.45, 7) is 3.84. The lowest BCUT2D eigenvalue weighted by molar-refractivity contribution is -0.641. The first-order chi connectivity index (χ1) is 12.4. The fourth-order valence-corrected chi connectivity index (χ4v) is 2.22. The molecule has 0 aliphatic carbocycles. The molecule has 0 bridgehead atoms. The monoisotopic (exact) mass is 426 g/mol. The Bertz CT molecular complexity index is 800. The zero-order valence-electron chi connectivity index (χ0n) is 14.4. The van der Waals surface area contributed by atoms with Gasteiger partial charge in [-0.15, -0.1) is 0 Å². The number of nitrogens with one attached hydrogen (secondary N) is 1. The first kappa shape index (κ1) is 19.8. The topological polar surface area (TPSA) is 117 Å². The van der Waals surface area contributed by atoms with Crippen LogP contribution in [0.1, 0.15) is 25.8 Å². The van der Waals surface area contributed by atoms with E-state index in [4.69, 9.17) is 9.47 Å². The lowest BCUT2D eigenvalue weighted by atomic mass is 10.2. The Morgan fingerprint density at radius 1 is 1.35 bits per heavy atom. The molecule has 2 aromatic rings. The zero-order chi connectivity index (χ0) is 19.1. The van der Waals surface area contributed by atoms with Crippen LogP contribution in [0.25, 0.3) is 11.0 Å². The molecule has 0 saturated carbocycles. The predicted molar refractivity (Wildman–Crippen MR) is 96.4 cm³/mol. The number of aromatic nitrogens is 3. The second-order valence-electron chi connectivity index (χ2n) is 5.64. The van der Waals surface area contributed by atoms with Crippen LogP contribution in [-0.2, 0) is 25.7 Å². The Hall–Kier alpha value is -2.49. The molecular formula is C16H19BrN4O5. The highest BCUT2D eigenvalue weighted by molar-refractivity contribution is 9.09. The molecule has 0 amide bonds. The number of esters is 2. The SMILES string of the molecule is CC(C)OC(=O)CCNc1nc2ccc(COC(=O)CBr)cc2[n+]([O-])n1. The van der Waals surface area contributed by atoms with Crippen LogP contribution in [0.2, 0.25) is 0 Å². The molecule has 140 valence electrons. The maximum atomic E-state index is 12.1. The first-order valence-corrected chi connectivity index (χ1v) is 9.06. The number of benzene rings is 1. The van der Waals surface area contributed by atoms with Crippen molar-refractivity contribution in [1.82, 2.24) is 10.1 Å². The van der Waals surface area contributed by atoms with Crippen LogP contribution < -0.4 is 10.2 Å². The van der Waals surface area contributed by atoms with Crippen molar-refractivity contribution in [3.8, 4) is 0 Å². The summed E-state index contributed by atoms with van der Waals surface area (Å²) in [4.78, 5) is 27.3. The van der Waals surface area contributed by atoms with E-state index in [1.807, 2.05) is 0 Å². The molecule has 10 heteroatoms. The zero-order valence-corrected chi connectivity index (χ0v) is 16.0. The third-order valence-corrected chi connectivity index (χ3v) is 3.60. The molecule has 1 aromatic heterocycles. The van der Waals surface area contributed by atoms with Crippen molar-refractivity contribution in [3.05, 3.63) is 29.0 Å². The smallest absolute Gasteiger partial charge is 0.316 e. The Morgan fingerprint density at radius 2 is 2.12 bits per heavy atom. The van der Waals surface area contributed by atoms with E-state index in [0.717, 1.165) is 0 Å². The highest BCUT2D eigenvalue weighted by atomic mass is 79.9. The third kappa shape index (κ3) is 5.80. The van der Waals surface area contributed by atoms with Gasteiger partial charge in [-0.25, -0.2) is 4.98 Å². The molecule has 0 aliphatic rings. The van der Waals surface area contributed by atoms with Gasteiger partial charge in [0, 0.05) is 12.6 Å². The summed E-state index contributed by atoms with van der Waals surface area (Å²) in [6.07, 6.45) is -0.0396. The van der Waals surface area contributed by atoms with Gasteiger partial charge in [0.1, 0.15) is 17.5 Å². The van der Waals surface area contributed by atoms with Crippen molar-refractivity contribution in [3.63, 3.8) is 0 Å². The van der Waals surface area contributed by atoms with Crippen molar-refractivity contribution in [2.45, 2.75) is 33.0 Å². The Labute approximate surface area is 158 Å². The standard InChI is InChI=1S/C16H19BrN4O5/c1-10(2)26-14(22)5-6-18-16-19-12-4-3-11(9-25-15(23)8-17)7-13(12)21(24)20-16/h3-4,7,10H,5-6,8-9H2,1-2H3,(H,18,19,20). The third-order valence-electron chi connectivity index (χ3n) is 3.15. The summed E-state index contributed by atoms with van der Waals surface area (Å²) in [5, 5.41) is 18.8. The van der Waals surface area contributed by atoms with Crippen LogP contribution >= 0.6 is 15.9 Å². The van der Waals surface area contributed by atoms with Crippen molar-refractivity contribution < 1.29 is 23.9 Å². The van der Waals surface area contributed by atoms with Crippen LogP contribution in [-0.4, -0.2) is 40.0 Å². The van der Waals surface area contributed by atoms with E-state index in [-0.39, 0.29) is 48.4 Å². The summed E-state index contributed by atoms with van der Waals surface area (Å²) in [5.74, 6) is -0.624. The van der Waals surface area contributed by atoms with Crippen LogP contribution in [0, 0.1) is 5.21 Å². The highest BCUT2D eigenvalue weighted by Crippen LogP contribution is 2.13. The quantitative estimate of drug-likeness (QED) is 0.291. The number of hydrogen-bond donors (Lipinski definition) is 1. The summed E-state index contributed by atoms with van der Waals surface area (Å²) in [6, 6.07) is 4.91. The molecule has 2 rings (SSSR count). The van der Waals surface area contributed by atoms with Crippen LogP contribution in [0.4, 0.5) is 5.95 Å². The molecule has 1 N–H and O–H groups in total. The molecule has 0 unspecified atom stereocenters. The van der Waals surface area contributed by atoms with E-state index < -0.39 is 5.97 Å². The number of anilines is 1. The molecular weight excluding hydrogens is 408 g/mol. The number of hydrogen-bond acceptors (Lipinski definition) is 8. The number of fused-ring (bicyclic) bond motifs is 1. The predicted octanol–water partition coefficient (Wildman–Crippen LogP) is 1.45. The van der Waals surface area contributed by atoms with Gasteiger partial charge in [0.2, 0.25) is 0 Å². The summed E-state index contributed by atoms with van der Waals surface area (Å²) in [7, 11) is 0. The van der Waals surface area contributed by atoms with Gasteiger partial charge in [-0.3, -0.25) is 9.59 Å². The van der Waals surface area contributed by atoms with Crippen LogP contribution in [0.15, 0.2) is 18.2 Å². The molecule has 26 heavy (non-hydrogen) atoms. The maximum absolute atomic E-state index is 12.1. The molecule has 0 atom stereocenters. The van der Waals surface area contributed by atoms with Crippen molar-refractivity contribution in [1.29, 1.82) is 0 Å². The fraction of sp³-hybridized carbons (Fsp3) is 0.438. The van der Waals surface area contributed by atoms with E-state index in [9.17, 15) is 14.8 Å². The van der Waals surface area contributed by atoms with E-state index in [1.54, 1.807) is 32.0 Å². The van der Waals surface area contributed by atoms with Gasteiger partial charge in [0.15, 0.2) is 0 Å². The van der Waals surface area contributed by atoms with E-state index in [0.29, 0.717) is 15.9 Å². The Kier molecular flexibility index (Phi) is 7.07. The van der Waals surface area contributed by atoms with E-state index in [2.05, 4.69) is 31.3 Å². The van der Waals surface area contributed by atoms with Gasteiger partial charge in [-0.1, -0.05) is 22.0 Å². The van der Waals surface area contributed by atoms with Gasteiger partial charge < -0.3 is 20.0 Å². The van der Waals surface area contributed by atoms with Crippen LogP contribution in [0.5, 0.6) is 0 Å². The molecule has 9 nitrogen and oxygen atoms in total. The average Bonchev–Trinajstić information content (AvgIpc) is 2.59. The number of rotatable bonds is 8. The largest absolute Gasteiger partial charge is 0.594 e. The molecule has 0 fully saturated rings. The minimum Gasteiger partial charge on any atom is -0.594 e. The summed E-state index contributed by atoms with van der Waals surface area (Å²) in [5.41, 5.74) is 1.33. The maximum Gasteiger partial charge on any atom is 0.316 e. The van der Waals surface area contributed by atoms with Gasteiger partial charge in [0.05, 0.1) is 17.6 Å². The minimum absolute atomic E-state index is 0.0539. The molecule has 1 heterocycles. The second-order valence-corrected chi connectivity index (χ2v) is 6.20. The van der Waals surface area contributed by atoms with Gasteiger partial charge in [-0.05, 0) is 30.3 Å².